The predicted molar refractivity (Wildman–Crippen MR) is 107 cm³/mol. The van der Waals surface area contributed by atoms with E-state index < -0.39 is 0 Å². The van der Waals surface area contributed by atoms with Crippen molar-refractivity contribution in [3.8, 4) is 0 Å². The van der Waals surface area contributed by atoms with E-state index in [1.54, 1.807) is 0 Å². The molecule has 1 aliphatic rings. The number of nitrogens with zero attached hydrogens (tertiary/aromatic N) is 4. The molecule has 1 saturated carbocycles. The highest BCUT2D eigenvalue weighted by atomic mass is 32.2. The highest BCUT2D eigenvalue weighted by Gasteiger charge is 2.16. The molecule has 2 N–H and O–H groups in total. The van der Waals surface area contributed by atoms with Gasteiger partial charge in [0.1, 0.15) is 12.4 Å². The Hall–Kier alpha value is -2.02. The lowest BCUT2D eigenvalue weighted by Crippen LogP contribution is -2.43. The standard InChI is InChI=1S/C19H28N6S/c1-15-23-24-18(25(15)2)14-21-19(22-16-8-6-7-9-16)20-12-13-26-17-10-4-3-5-11-17/h3-5,10-11,16H,6-9,12-14H2,1-2H3,(H2,20,21,22). The lowest BCUT2D eigenvalue weighted by molar-refractivity contribution is 0.612. The zero-order chi connectivity index (χ0) is 18.2. The lowest BCUT2D eigenvalue weighted by atomic mass is 10.2. The summed E-state index contributed by atoms with van der Waals surface area (Å²) in [4.78, 5) is 6.04. The first-order valence-electron chi connectivity index (χ1n) is 9.30. The summed E-state index contributed by atoms with van der Waals surface area (Å²) < 4.78 is 1.99. The van der Waals surface area contributed by atoms with Crippen molar-refractivity contribution in [1.29, 1.82) is 0 Å². The summed E-state index contributed by atoms with van der Waals surface area (Å²) in [6.07, 6.45) is 5.06. The third-order valence-electron chi connectivity index (χ3n) is 4.66. The number of rotatable bonds is 7. The van der Waals surface area contributed by atoms with Crippen LogP contribution >= 0.6 is 11.8 Å². The fraction of sp³-hybridized carbons (Fsp3) is 0.526. The first-order chi connectivity index (χ1) is 12.7. The van der Waals surface area contributed by atoms with E-state index in [9.17, 15) is 0 Å². The molecule has 0 unspecified atom stereocenters. The number of hydrogen-bond acceptors (Lipinski definition) is 4. The highest BCUT2D eigenvalue weighted by molar-refractivity contribution is 7.99. The number of aryl methyl sites for hydroxylation is 1. The number of aliphatic imine (C=N–C) groups is 1. The van der Waals surface area contributed by atoms with Crippen molar-refractivity contribution < 1.29 is 0 Å². The molecule has 0 aliphatic heterocycles. The molecule has 0 atom stereocenters. The number of guanidine groups is 1. The Morgan fingerprint density at radius 3 is 2.69 bits per heavy atom. The summed E-state index contributed by atoms with van der Waals surface area (Å²) >= 11 is 1.85. The largest absolute Gasteiger partial charge is 0.356 e. The van der Waals surface area contributed by atoms with Gasteiger partial charge in [-0.2, -0.15) is 0 Å². The van der Waals surface area contributed by atoms with Crippen LogP contribution in [0.15, 0.2) is 40.2 Å². The number of hydrogen-bond donors (Lipinski definition) is 2. The van der Waals surface area contributed by atoms with Crippen molar-refractivity contribution in [3.63, 3.8) is 0 Å². The number of aromatic nitrogens is 3. The van der Waals surface area contributed by atoms with Crippen LogP contribution in [0.2, 0.25) is 0 Å². The van der Waals surface area contributed by atoms with Gasteiger partial charge in [0, 0.05) is 30.3 Å². The summed E-state index contributed by atoms with van der Waals surface area (Å²) in [6, 6.07) is 11.0. The molecule has 1 heterocycles. The lowest BCUT2D eigenvalue weighted by Gasteiger charge is -2.17. The highest BCUT2D eigenvalue weighted by Crippen LogP contribution is 2.18. The zero-order valence-electron chi connectivity index (χ0n) is 15.6. The average molecular weight is 373 g/mol. The molecule has 140 valence electrons. The second-order valence-electron chi connectivity index (χ2n) is 6.60. The van der Waals surface area contributed by atoms with Crippen LogP contribution in [0.1, 0.15) is 37.3 Å². The van der Waals surface area contributed by atoms with Crippen LogP contribution in [0.5, 0.6) is 0 Å². The minimum absolute atomic E-state index is 0.532. The van der Waals surface area contributed by atoms with Gasteiger partial charge in [0.2, 0.25) is 0 Å². The molecule has 1 aromatic carbocycles. The maximum Gasteiger partial charge on any atom is 0.191 e. The quantitative estimate of drug-likeness (QED) is 0.339. The Morgan fingerprint density at radius 1 is 1.23 bits per heavy atom. The van der Waals surface area contributed by atoms with Crippen LogP contribution < -0.4 is 10.6 Å². The van der Waals surface area contributed by atoms with Gasteiger partial charge in [-0.15, -0.1) is 22.0 Å². The maximum absolute atomic E-state index is 4.74. The third-order valence-corrected chi connectivity index (χ3v) is 5.68. The molecule has 1 aromatic heterocycles. The van der Waals surface area contributed by atoms with Crippen LogP contribution in [0.25, 0.3) is 0 Å². The number of benzene rings is 1. The summed E-state index contributed by atoms with van der Waals surface area (Å²) in [7, 11) is 1.98. The fourth-order valence-corrected chi connectivity index (χ4v) is 3.80. The van der Waals surface area contributed by atoms with E-state index in [1.165, 1.54) is 30.6 Å². The first kappa shape index (κ1) is 18.8. The molecular weight excluding hydrogens is 344 g/mol. The van der Waals surface area contributed by atoms with Gasteiger partial charge >= 0.3 is 0 Å². The van der Waals surface area contributed by atoms with Crippen LogP contribution in [0.4, 0.5) is 0 Å². The number of nitrogens with one attached hydrogen (secondary N) is 2. The maximum atomic E-state index is 4.74. The molecule has 6 nitrogen and oxygen atoms in total. The van der Waals surface area contributed by atoms with Gasteiger partial charge in [0.05, 0.1) is 0 Å². The molecule has 3 rings (SSSR count). The van der Waals surface area contributed by atoms with Crippen molar-refractivity contribution in [3.05, 3.63) is 42.0 Å². The topological polar surface area (TPSA) is 67.1 Å². The van der Waals surface area contributed by atoms with Gasteiger partial charge < -0.3 is 15.2 Å². The van der Waals surface area contributed by atoms with Gasteiger partial charge in [-0.3, -0.25) is 0 Å². The molecule has 0 amide bonds. The van der Waals surface area contributed by atoms with E-state index in [-0.39, 0.29) is 0 Å². The summed E-state index contributed by atoms with van der Waals surface area (Å²) in [5, 5.41) is 15.4. The summed E-state index contributed by atoms with van der Waals surface area (Å²) in [6.45, 7) is 3.36. The van der Waals surface area contributed by atoms with Crippen LogP contribution in [0.3, 0.4) is 0 Å². The van der Waals surface area contributed by atoms with Gasteiger partial charge in [0.15, 0.2) is 11.8 Å². The first-order valence-corrected chi connectivity index (χ1v) is 10.3. The van der Waals surface area contributed by atoms with Crippen LogP contribution in [0, 0.1) is 6.92 Å². The van der Waals surface area contributed by atoms with Crippen molar-refractivity contribution >= 4 is 17.7 Å². The van der Waals surface area contributed by atoms with Crippen molar-refractivity contribution in [1.82, 2.24) is 25.4 Å². The molecule has 7 heteroatoms. The molecular formula is C19H28N6S. The molecule has 2 aromatic rings. The summed E-state index contributed by atoms with van der Waals surface area (Å²) in [5.41, 5.74) is 0. The fourth-order valence-electron chi connectivity index (χ4n) is 3.01. The number of thioether (sulfide) groups is 1. The van der Waals surface area contributed by atoms with Crippen molar-refractivity contribution in [2.75, 3.05) is 12.3 Å². The van der Waals surface area contributed by atoms with E-state index in [2.05, 4.69) is 45.1 Å². The van der Waals surface area contributed by atoms with E-state index in [0.717, 1.165) is 29.9 Å². The van der Waals surface area contributed by atoms with Gasteiger partial charge in [-0.05, 0) is 31.9 Å². The van der Waals surface area contributed by atoms with E-state index in [4.69, 9.17) is 4.99 Å². The second-order valence-corrected chi connectivity index (χ2v) is 7.77. The Balaban J connectivity index is 1.53. The molecule has 0 spiro atoms. The minimum Gasteiger partial charge on any atom is -0.356 e. The Labute approximate surface area is 159 Å². The molecule has 1 aliphatic carbocycles. The minimum atomic E-state index is 0.532. The Morgan fingerprint density at radius 2 is 2.00 bits per heavy atom. The molecule has 0 bridgehead atoms. The van der Waals surface area contributed by atoms with E-state index in [1.807, 2.05) is 36.4 Å². The normalized spacial score (nSPS) is 15.4. The van der Waals surface area contributed by atoms with Crippen molar-refractivity contribution in [2.24, 2.45) is 12.0 Å². The second kappa shape index (κ2) is 9.62. The van der Waals surface area contributed by atoms with Gasteiger partial charge in [-0.1, -0.05) is 31.0 Å². The van der Waals surface area contributed by atoms with Gasteiger partial charge in [0.25, 0.3) is 0 Å². The molecule has 1 fully saturated rings. The zero-order valence-corrected chi connectivity index (χ0v) is 16.4. The Bertz CT molecular complexity index is 706. The van der Waals surface area contributed by atoms with Crippen LogP contribution in [-0.4, -0.2) is 39.1 Å². The van der Waals surface area contributed by atoms with E-state index >= 15 is 0 Å². The predicted octanol–water partition coefficient (Wildman–Crippen LogP) is 2.89. The third kappa shape index (κ3) is 5.49. The molecule has 26 heavy (non-hydrogen) atoms. The average Bonchev–Trinajstić information content (AvgIpc) is 3.28. The molecule has 0 radical (unpaired) electrons. The SMILES string of the molecule is Cc1nnc(CN=C(NCCSc2ccccc2)NC2CCCC2)n1C. The van der Waals surface area contributed by atoms with Gasteiger partial charge in [-0.25, -0.2) is 4.99 Å². The molecule has 0 saturated heterocycles. The van der Waals surface area contributed by atoms with Crippen molar-refractivity contribution in [2.45, 2.75) is 50.1 Å². The smallest absolute Gasteiger partial charge is 0.191 e. The van der Waals surface area contributed by atoms with Crippen LogP contribution in [-0.2, 0) is 13.6 Å². The summed E-state index contributed by atoms with van der Waals surface area (Å²) in [5.74, 6) is 3.67. The Kier molecular flexibility index (Phi) is 6.94. The van der Waals surface area contributed by atoms with E-state index in [0.29, 0.717) is 12.6 Å². The monoisotopic (exact) mass is 372 g/mol.